The first-order valence-electron chi connectivity index (χ1n) is 9.36. The molecule has 1 aromatic heterocycles. The van der Waals surface area contributed by atoms with E-state index in [-0.39, 0.29) is 23.0 Å². The summed E-state index contributed by atoms with van der Waals surface area (Å²) in [5, 5.41) is 4.21. The molecule has 6 nitrogen and oxygen atoms in total. The Hall–Kier alpha value is -1.80. The van der Waals surface area contributed by atoms with E-state index in [1.165, 1.54) is 22.5 Å². The highest BCUT2D eigenvalue weighted by molar-refractivity contribution is 7.88. The van der Waals surface area contributed by atoms with Crippen molar-refractivity contribution in [1.82, 2.24) is 14.4 Å². The van der Waals surface area contributed by atoms with Gasteiger partial charge in [0.1, 0.15) is 5.82 Å². The summed E-state index contributed by atoms with van der Waals surface area (Å²) in [5.41, 5.74) is 0.0915. The van der Waals surface area contributed by atoms with Crippen molar-refractivity contribution in [2.24, 2.45) is 5.92 Å². The molecular weight excluding hydrogens is 369 g/mol. The Morgan fingerprint density at radius 1 is 1.41 bits per heavy atom. The Balaban J connectivity index is 1.59. The van der Waals surface area contributed by atoms with Gasteiger partial charge in [-0.05, 0) is 36.5 Å². The normalized spacial score (nSPS) is 26.0. The molecule has 4 rings (SSSR count). The van der Waals surface area contributed by atoms with Crippen LogP contribution in [0.1, 0.15) is 56.3 Å². The molecule has 27 heavy (non-hydrogen) atoms. The van der Waals surface area contributed by atoms with Gasteiger partial charge in [0.05, 0.1) is 11.2 Å². The molecule has 0 radical (unpaired) electrons. The van der Waals surface area contributed by atoms with Gasteiger partial charge in [-0.1, -0.05) is 37.6 Å². The zero-order valence-electron chi connectivity index (χ0n) is 15.6. The first-order valence-corrected chi connectivity index (χ1v) is 11.0. The van der Waals surface area contributed by atoms with Gasteiger partial charge in [-0.15, -0.1) is 0 Å². The number of benzene rings is 1. The van der Waals surface area contributed by atoms with Gasteiger partial charge >= 0.3 is 0 Å². The lowest BCUT2D eigenvalue weighted by Gasteiger charge is -2.24. The third-order valence-electron chi connectivity index (χ3n) is 5.85. The molecule has 2 aromatic rings. The summed E-state index contributed by atoms with van der Waals surface area (Å²) in [4.78, 5) is 4.59. The molecule has 0 amide bonds. The number of sulfonamides is 1. The molecule has 2 fully saturated rings. The Bertz CT molecular complexity index is 943. The fraction of sp³-hybridized carbons (Fsp3) is 0.579. The predicted molar refractivity (Wildman–Crippen MR) is 98.0 cm³/mol. The first-order chi connectivity index (χ1) is 12.8. The molecule has 1 aliphatic heterocycles. The van der Waals surface area contributed by atoms with Crippen LogP contribution < -0.4 is 0 Å². The van der Waals surface area contributed by atoms with Gasteiger partial charge in [-0.3, -0.25) is 0 Å². The number of halogens is 1. The average molecular weight is 393 g/mol. The van der Waals surface area contributed by atoms with E-state index in [1.54, 1.807) is 6.07 Å². The maximum atomic E-state index is 13.4. The first kappa shape index (κ1) is 18.6. The zero-order chi connectivity index (χ0) is 19.2. The van der Waals surface area contributed by atoms with E-state index >= 15 is 0 Å². The SMILES string of the molecule is CC(C)c1nc(C23CCCC2CN(S(=O)(=O)Cc2cccc(F)c2)C3)no1. The molecule has 1 saturated carbocycles. The summed E-state index contributed by atoms with van der Waals surface area (Å²) in [6, 6.07) is 5.76. The molecule has 8 heteroatoms. The topological polar surface area (TPSA) is 76.3 Å². The molecule has 2 unspecified atom stereocenters. The summed E-state index contributed by atoms with van der Waals surface area (Å²) < 4.78 is 46.3. The van der Waals surface area contributed by atoms with Crippen molar-refractivity contribution in [2.75, 3.05) is 13.1 Å². The molecule has 146 valence electrons. The molecule has 2 heterocycles. The quantitative estimate of drug-likeness (QED) is 0.780. The van der Waals surface area contributed by atoms with E-state index in [1.807, 2.05) is 13.8 Å². The third kappa shape index (κ3) is 3.29. The third-order valence-corrected chi connectivity index (χ3v) is 7.62. The fourth-order valence-corrected chi connectivity index (χ4v) is 6.04. The van der Waals surface area contributed by atoms with Gasteiger partial charge in [0.25, 0.3) is 0 Å². The van der Waals surface area contributed by atoms with E-state index < -0.39 is 15.8 Å². The summed E-state index contributed by atoms with van der Waals surface area (Å²) in [6.07, 6.45) is 2.85. The van der Waals surface area contributed by atoms with E-state index in [0.717, 1.165) is 19.3 Å². The largest absolute Gasteiger partial charge is 0.339 e. The molecule has 0 spiro atoms. The van der Waals surface area contributed by atoms with Gasteiger partial charge in [0.15, 0.2) is 5.82 Å². The van der Waals surface area contributed by atoms with Gasteiger partial charge in [-0.2, -0.15) is 4.98 Å². The van der Waals surface area contributed by atoms with Crippen LogP contribution in [0.4, 0.5) is 4.39 Å². The van der Waals surface area contributed by atoms with E-state index in [9.17, 15) is 12.8 Å². The van der Waals surface area contributed by atoms with Crippen LogP contribution in [0, 0.1) is 11.7 Å². The molecule has 1 aromatic carbocycles. The predicted octanol–water partition coefficient (Wildman–Crippen LogP) is 3.22. The Labute approximate surface area is 158 Å². The van der Waals surface area contributed by atoms with Crippen LogP contribution in [0.3, 0.4) is 0 Å². The summed E-state index contributed by atoms with van der Waals surface area (Å²) in [5.74, 6) is 0.930. The fourth-order valence-electron chi connectivity index (χ4n) is 4.42. The summed E-state index contributed by atoms with van der Waals surface area (Å²) in [7, 11) is -3.55. The van der Waals surface area contributed by atoms with Crippen LogP contribution in [0.15, 0.2) is 28.8 Å². The van der Waals surface area contributed by atoms with Crippen LogP contribution in [-0.4, -0.2) is 36.0 Å². The monoisotopic (exact) mass is 393 g/mol. The Kier molecular flexibility index (Phi) is 4.58. The van der Waals surface area contributed by atoms with E-state index in [2.05, 4.69) is 10.1 Å². The molecule has 0 N–H and O–H groups in total. The minimum absolute atomic E-state index is 0.136. The van der Waals surface area contributed by atoms with Crippen LogP contribution in [-0.2, 0) is 21.2 Å². The minimum Gasteiger partial charge on any atom is -0.339 e. The van der Waals surface area contributed by atoms with Crippen molar-refractivity contribution in [3.63, 3.8) is 0 Å². The Morgan fingerprint density at radius 2 is 2.22 bits per heavy atom. The van der Waals surface area contributed by atoms with Crippen LogP contribution in [0.5, 0.6) is 0 Å². The number of hydrogen-bond acceptors (Lipinski definition) is 5. The second-order valence-electron chi connectivity index (χ2n) is 8.03. The number of aromatic nitrogens is 2. The molecule has 2 atom stereocenters. The van der Waals surface area contributed by atoms with E-state index in [0.29, 0.717) is 30.4 Å². The number of nitrogens with zero attached hydrogens (tertiary/aromatic N) is 3. The van der Waals surface area contributed by atoms with Crippen molar-refractivity contribution >= 4 is 10.0 Å². The number of hydrogen-bond donors (Lipinski definition) is 0. The average Bonchev–Trinajstić information content (AvgIpc) is 3.28. The lowest BCUT2D eigenvalue weighted by atomic mass is 9.80. The molecule has 1 aliphatic carbocycles. The summed E-state index contributed by atoms with van der Waals surface area (Å²) in [6.45, 7) is 4.81. The van der Waals surface area contributed by atoms with Crippen molar-refractivity contribution < 1.29 is 17.3 Å². The highest BCUT2D eigenvalue weighted by Crippen LogP contribution is 2.50. The minimum atomic E-state index is -3.55. The zero-order valence-corrected chi connectivity index (χ0v) is 16.4. The second-order valence-corrected chi connectivity index (χ2v) is 10.0. The highest BCUT2D eigenvalue weighted by Gasteiger charge is 2.55. The maximum Gasteiger partial charge on any atom is 0.229 e. The molecule has 2 aliphatic rings. The smallest absolute Gasteiger partial charge is 0.229 e. The van der Waals surface area contributed by atoms with Gasteiger partial charge < -0.3 is 4.52 Å². The summed E-state index contributed by atoms with van der Waals surface area (Å²) >= 11 is 0. The number of fused-ring (bicyclic) bond motifs is 1. The van der Waals surface area contributed by atoms with Gasteiger partial charge in [-0.25, -0.2) is 17.1 Å². The van der Waals surface area contributed by atoms with Crippen molar-refractivity contribution in [1.29, 1.82) is 0 Å². The molecule has 0 bridgehead atoms. The Morgan fingerprint density at radius 3 is 2.93 bits per heavy atom. The number of rotatable bonds is 5. The van der Waals surface area contributed by atoms with E-state index in [4.69, 9.17) is 4.52 Å². The molecule has 1 saturated heterocycles. The standard InChI is InChI=1S/C19H24FN3O3S/c1-13(2)17-21-18(22-26-17)19-8-4-6-15(19)10-23(12-19)27(24,25)11-14-5-3-7-16(20)9-14/h3,5,7,9,13,15H,4,6,8,10-12H2,1-2H3. The van der Waals surface area contributed by atoms with Crippen LogP contribution in [0.2, 0.25) is 0 Å². The van der Waals surface area contributed by atoms with Crippen molar-refractivity contribution in [2.45, 2.75) is 50.2 Å². The van der Waals surface area contributed by atoms with Crippen LogP contribution in [0.25, 0.3) is 0 Å². The lowest BCUT2D eigenvalue weighted by Crippen LogP contribution is -2.36. The van der Waals surface area contributed by atoms with Crippen molar-refractivity contribution in [3.05, 3.63) is 47.4 Å². The second kappa shape index (κ2) is 6.67. The van der Waals surface area contributed by atoms with Crippen molar-refractivity contribution in [3.8, 4) is 0 Å². The van der Waals surface area contributed by atoms with Crippen LogP contribution >= 0.6 is 0 Å². The maximum absolute atomic E-state index is 13.4. The molecular formula is C19H24FN3O3S. The van der Waals surface area contributed by atoms with Gasteiger partial charge in [0, 0.05) is 19.0 Å². The highest BCUT2D eigenvalue weighted by atomic mass is 32.2. The van der Waals surface area contributed by atoms with Gasteiger partial charge in [0.2, 0.25) is 15.9 Å². The lowest BCUT2D eigenvalue weighted by molar-refractivity contribution is 0.324.